The lowest BCUT2D eigenvalue weighted by Gasteiger charge is -2.12. The van der Waals surface area contributed by atoms with Crippen LogP contribution in [-0.4, -0.2) is 18.5 Å². The second-order valence-electron chi connectivity index (χ2n) is 4.54. The maximum atomic E-state index is 12.1. The molecule has 5 heteroatoms. The van der Waals surface area contributed by atoms with Crippen molar-refractivity contribution in [2.24, 2.45) is 0 Å². The number of carbonyl (C=O) groups is 1. The van der Waals surface area contributed by atoms with Crippen LogP contribution in [0, 0.1) is 11.3 Å². The van der Waals surface area contributed by atoms with Crippen molar-refractivity contribution in [3.8, 4) is 6.07 Å². The molecule has 2 atom stereocenters. The molecule has 1 aromatic carbocycles. The summed E-state index contributed by atoms with van der Waals surface area (Å²) in [6, 6.07) is 6.87. The van der Waals surface area contributed by atoms with E-state index in [1.165, 1.54) is 0 Å². The number of nitrogens with zero attached hydrogens (tertiary/aromatic N) is 1. The number of benzene rings is 1. The molecular formula is C14H13Cl2NO2. The molecular weight excluding hydrogens is 285 g/mol. The SMILES string of the molecule is N#CC(C(=O)CC1CCCO1)c1ccc(Cl)c(Cl)c1. The average molecular weight is 298 g/mol. The highest BCUT2D eigenvalue weighted by molar-refractivity contribution is 6.42. The van der Waals surface area contributed by atoms with Crippen LogP contribution in [-0.2, 0) is 9.53 Å². The normalized spacial score (nSPS) is 19.9. The minimum absolute atomic E-state index is 0.0499. The summed E-state index contributed by atoms with van der Waals surface area (Å²) < 4.78 is 5.42. The van der Waals surface area contributed by atoms with Gasteiger partial charge in [0.25, 0.3) is 0 Å². The predicted molar refractivity (Wildman–Crippen MR) is 73.4 cm³/mol. The number of halogens is 2. The van der Waals surface area contributed by atoms with Gasteiger partial charge in [-0.15, -0.1) is 0 Å². The van der Waals surface area contributed by atoms with Gasteiger partial charge >= 0.3 is 0 Å². The Kier molecular flexibility index (Phi) is 4.81. The van der Waals surface area contributed by atoms with E-state index in [4.69, 9.17) is 27.9 Å². The fraction of sp³-hybridized carbons (Fsp3) is 0.429. The van der Waals surface area contributed by atoms with Gasteiger partial charge in [-0.05, 0) is 30.5 Å². The fourth-order valence-electron chi connectivity index (χ4n) is 2.17. The minimum Gasteiger partial charge on any atom is -0.378 e. The van der Waals surface area contributed by atoms with Gasteiger partial charge in [-0.2, -0.15) is 5.26 Å². The molecule has 2 unspecified atom stereocenters. The van der Waals surface area contributed by atoms with Gasteiger partial charge in [0.1, 0.15) is 5.92 Å². The topological polar surface area (TPSA) is 50.1 Å². The van der Waals surface area contributed by atoms with Gasteiger partial charge in [0.15, 0.2) is 5.78 Å². The molecule has 0 spiro atoms. The highest BCUT2D eigenvalue weighted by atomic mass is 35.5. The van der Waals surface area contributed by atoms with Gasteiger partial charge in [0.2, 0.25) is 0 Å². The Bertz CT molecular complexity index is 519. The molecule has 1 aliphatic heterocycles. The van der Waals surface area contributed by atoms with E-state index in [2.05, 4.69) is 0 Å². The van der Waals surface area contributed by atoms with E-state index in [1.54, 1.807) is 18.2 Å². The third kappa shape index (κ3) is 3.48. The number of nitriles is 1. The molecule has 19 heavy (non-hydrogen) atoms. The Hall–Kier alpha value is -1.08. The maximum absolute atomic E-state index is 12.1. The second kappa shape index (κ2) is 6.38. The third-order valence-electron chi connectivity index (χ3n) is 3.18. The maximum Gasteiger partial charge on any atom is 0.157 e. The summed E-state index contributed by atoms with van der Waals surface area (Å²) in [6.07, 6.45) is 2.08. The lowest BCUT2D eigenvalue weighted by atomic mass is 9.92. The summed E-state index contributed by atoms with van der Waals surface area (Å²) in [5.41, 5.74) is 0.583. The number of rotatable bonds is 4. The molecule has 0 N–H and O–H groups in total. The molecule has 1 heterocycles. The van der Waals surface area contributed by atoms with Crippen molar-refractivity contribution in [2.45, 2.75) is 31.3 Å². The molecule has 0 radical (unpaired) electrons. The zero-order valence-electron chi connectivity index (χ0n) is 10.2. The lowest BCUT2D eigenvalue weighted by molar-refractivity contribution is -0.121. The molecule has 0 amide bonds. The van der Waals surface area contributed by atoms with E-state index in [1.807, 2.05) is 6.07 Å². The Morgan fingerprint density at radius 3 is 2.84 bits per heavy atom. The Balaban J connectivity index is 2.12. The molecule has 1 fully saturated rings. The molecule has 2 rings (SSSR count). The van der Waals surface area contributed by atoms with Gasteiger partial charge in [0, 0.05) is 13.0 Å². The van der Waals surface area contributed by atoms with E-state index < -0.39 is 5.92 Å². The molecule has 1 aromatic rings. The summed E-state index contributed by atoms with van der Waals surface area (Å²) in [5.74, 6) is -0.938. The number of Topliss-reactive ketones (excluding diaryl/α,β-unsaturated/α-hetero) is 1. The first-order chi connectivity index (χ1) is 9.11. The zero-order chi connectivity index (χ0) is 13.8. The molecule has 0 aromatic heterocycles. The monoisotopic (exact) mass is 297 g/mol. The molecule has 3 nitrogen and oxygen atoms in total. The first-order valence-electron chi connectivity index (χ1n) is 6.10. The molecule has 0 bridgehead atoms. The van der Waals surface area contributed by atoms with E-state index >= 15 is 0 Å². The van der Waals surface area contributed by atoms with Crippen LogP contribution < -0.4 is 0 Å². The highest BCUT2D eigenvalue weighted by Crippen LogP contribution is 2.28. The first kappa shape index (κ1) is 14.3. The van der Waals surface area contributed by atoms with Crippen LogP contribution in [0.3, 0.4) is 0 Å². The molecule has 0 aliphatic carbocycles. The minimum atomic E-state index is -0.807. The van der Waals surface area contributed by atoms with Gasteiger partial charge in [-0.3, -0.25) is 4.79 Å². The summed E-state index contributed by atoms with van der Waals surface area (Å²) in [7, 11) is 0. The van der Waals surface area contributed by atoms with Crippen LogP contribution in [0.4, 0.5) is 0 Å². The van der Waals surface area contributed by atoms with E-state index in [-0.39, 0.29) is 18.3 Å². The van der Waals surface area contributed by atoms with Gasteiger partial charge in [-0.25, -0.2) is 0 Å². The third-order valence-corrected chi connectivity index (χ3v) is 3.92. The van der Waals surface area contributed by atoms with Crippen molar-refractivity contribution >= 4 is 29.0 Å². The number of carbonyl (C=O) groups excluding carboxylic acids is 1. The summed E-state index contributed by atoms with van der Waals surface area (Å²) >= 11 is 11.7. The summed E-state index contributed by atoms with van der Waals surface area (Å²) in [5, 5.41) is 9.96. The van der Waals surface area contributed by atoms with E-state index in [0.717, 1.165) is 12.8 Å². The van der Waals surface area contributed by atoms with Crippen LogP contribution in [0.1, 0.15) is 30.7 Å². The summed E-state index contributed by atoms with van der Waals surface area (Å²) in [6.45, 7) is 0.696. The zero-order valence-corrected chi connectivity index (χ0v) is 11.7. The van der Waals surface area contributed by atoms with Crippen LogP contribution in [0.15, 0.2) is 18.2 Å². The Labute approximate surface area is 122 Å². The smallest absolute Gasteiger partial charge is 0.157 e. The molecule has 0 saturated carbocycles. The van der Waals surface area contributed by atoms with Gasteiger partial charge in [0.05, 0.1) is 22.2 Å². The Morgan fingerprint density at radius 2 is 2.26 bits per heavy atom. The quantitative estimate of drug-likeness (QED) is 0.850. The predicted octanol–water partition coefficient (Wildman–Crippen LogP) is 3.74. The number of hydrogen-bond donors (Lipinski definition) is 0. The van der Waals surface area contributed by atoms with Gasteiger partial charge in [-0.1, -0.05) is 29.3 Å². The molecule has 1 aliphatic rings. The number of hydrogen-bond acceptors (Lipinski definition) is 3. The van der Waals surface area contributed by atoms with Crippen molar-refractivity contribution in [1.29, 1.82) is 5.26 Å². The van der Waals surface area contributed by atoms with E-state index in [0.29, 0.717) is 22.2 Å². The van der Waals surface area contributed by atoms with Crippen LogP contribution in [0.5, 0.6) is 0 Å². The summed E-state index contributed by atoms with van der Waals surface area (Å²) in [4.78, 5) is 12.1. The second-order valence-corrected chi connectivity index (χ2v) is 5.36. The van der Waals surface area contributed by atoms with Crippen LogP contribution in [0.2, 0.25) is 10.0 Å². The van der Waals surface area contributed by atoms with Crippen molar-refractivity contribution in [3.63, 3.8) is 0 Å². The van der Waals surface area contributed by atoms with Crippen molar-refractivity contribution < 1.29 is 9.53 Å². The number of ketones is 1. The molecule has 1 saturated heterocycles. The van der Waals surface area contributed by atoms with Crippen LogP contribution in [0.25, 0.3) is 0 Å². The van der Waals surface area contributed by atoms with Crippen molar-refractivity contribution in [1.82, 2.24) is 0 Å². The fourth-order valence-corrected chi connectivity index (χ4v) is 2.48. The Morgan fingerprint density at radius 1 is 1.47 bits per heavy atom. The number of ether oxygens (including phenoxy) is 1. The molecule has 100 valence electrons. The highest BCUT2D eigenvalue weighted by Gasteiger charge is 2.26. The van der Waals surface area contributed by atoms with Crippen LogP contribution >= 0.6 is 23.2 Å². The average Bonchev–Trinajstić information content (AvgIpc) is 2.87. The largest absolute Gasteiger partial charge is 0.378 e. The van der Waals surface area contributed by atoms with Crippen molar-refractivity contribution in [3.05, 3.63) is 33.8 Å². The lowest BCUT2D eigenvalue weighted by Crippen LogP contribution is -2.18. The van der Waals surface area contributed by atoms with E-state index in [9.17, 15) is 10.1 Å². The first-order valence-corrected chi connectivity index (χ1v) is 6.86. The van der Waals surface area contributed by atoms with Crippen molar-refractivity contribution in [2.75, 3.05) is 6.61 Å². The standard InChI is InChI=1S/C14H13Cl2NO2/c15-12-4-3-9(6-13(12)16)11(8-17)14(18)7-10-2-1-5-19-10/h3-4,6,10-11H,1-2,5,7H2. The van der Waals surface area contributed by atoms with Gasteiger partial charge < -0.3 is 4.74 Å².